The molecule has 1 aromatic heterocycles. The minimum absolute atomic E-state index is 0.0268. The number of carbonyl (C=O) groups is 1. The Morgan fingerprint density at radius 1 is 1.23 bits per heavy atom. The van der Waals surface area contributed by atoms with Crippen LogP contribution in [0.3, 0.4) is 0 Å². The van der Waals surface area contributed by atoms with Crippen LogP contribution >= 0.6 is 0 Å². The molecule has 2 heterocycles. The van der Waals surface area contributed by atoms with Crippen molar-refractivity contribution in [3.8, 4) is 11.6 Å². The Kier molecular flexibility index (Phi) is 7.46. The molecule has 1 aliphatic rings. The summed E-state index contributed by atoms with van der Waals surface area (Å²) in [5.74, 6) is 0.0895. The first-order valence-corrected chi connectivity index (χ1v) is 11.5. The van der Waals surface area contributed by atoms with E-state index in [1.54, 1.807) is 23.9 Å². The Labute approximate surface area is 177 Å². The molecule has 10 heteroatoms. The number of nitrogens with one attached hydrogen (secondary N) is 1. The quantitative estimate of drug-likeness (QED) is 0.634. The lowest BCUT2D eigenvalue weighted by Crippen LogP contribution is -2.49. The minimum atomic E-state index is -3.31. The summed E-state index contributed by atoms with van der Waals surface area (Å²) in [6, 6.07) is 11.2. The normalized spacial score (nSPS) is 16.9. The smallest absolute Gasteiger partial charge is 0.261 e. The maximum atomic E-state index is 12.5. The number of hydrogen-bond donors (Lipinski definition) is 1. The molecule has 1 N–H and O–H groups in total. The number of aromatic nitrogens is 2. The molecular weight excluding hydrogens is 408 g/mol. The van der Waals surface area contributed by atoms with Gasteiger partial charge in [0.05, 0.1) is 18.0 Å². The molecule has 0 bridgehead atoms. The number of nitrogens with zero attached hydrogens (tertiary/aromatic N) is 3. The second-order valence-corrected chi connectivity index (χ2v) is 9.27. The van der Waals surface area contributed by atoms with E-state index in [1.807, 2.05) is 30.3 Å². The van der Waals surface area contributed by atoms with E-state index < -0.39 is 16.1 Å². The van der Waals surface area contributed by atoms with E-state index in [0.29, 0.717) is 31.8 Å². The van der Waals surface area contributed by atoms with Gasteiger partial charge in [-0.25, -0.2) is 17.4 Å². The molecule has 164 valence electrons. The summed E-state index contributed by atoms with van der Waals surface area (Å²) >= 11 is 0. The van der Waals surface area contributed by atoms with Gasteiger partial charge >= 0.3 is 0 Å². The highest BCUT2D eigenvalue weighted by Crippen LogP contribution is 2.16. The molecule has 1 aromatic carbocycles. The van der Waals surface area contributed by atoms with Gasteiger partial charge in [-0.1, -0.05) is 18.2 Å². The van der Waals surface area contributed by atoms with E-state index in [9.17, 15) is 13.2 Å². The highest BCUT2D eigenvalue weighted by molar-refractivity contribution is 7.89. The average Bonchev–Trinajstić information content (AvgIpc) is 3.22. The Bertz CT molecular complexity index is 924. The van der Waals surface area contributed by atoms with E-state index in [1.165, 1.54) is 11.4 Å². The first-order valence-electron chi connectivity index (χ1n) is 9.94. The topological polar surface area (TPSA) is 103 Å². The van der Waals surface area contributed by atoms with Gasteiger partial charge in [-0.15, -0.1) is 5.10 Å². The zero-order valence-electron chi connectivity index (χ0n) is 17.2. The molecule has 0 aliphatic carbocycles. The number of carbonyl (C=O) groups excluding carboxylic acids is 1. The van der Waals surface area contributed by atoms with Crippen LogP contribution in [0.5, 0.6) is 5.88 Å². The van der Waals surface area contributed by atoms with Crippen molar-refractivity contribution in [3.63, 3.8) is 0 Å². The van der Waals surface area contributed by atoms with Crippen molar-refractivity contribution < 1.29 is 22.7 Å². The number of sulfonamides is 1. The van der Waals surface area contributed by atoms with Gasteiger partial charge in [0.2, 0.25) is 15.9 Å². The van der Waals surface area contributed by atoms with Gasteiger partial charge in [-0.2, -0.15) is 0 Å². The van der Waals surface area contributed by atoms with Crippen molar-refractivity contribution in [1.29, 1.82) is 0 Å². The van der Waals surface area contributed by atoms with Crippen LogP contribution in [0.1, 0.15) is 19.8 Å². The van der Waals surface area contributed by atoms with E-state index in [-0.39, 0.29) is 24.3 Å². The number of rotatable bonds is 9. The molecule has 0 saturated carbocycles. The molecule has 0 radical (unpaired) electrons. The van der Waals surface area contributed by atoms with Crippen LogP contribution < -0.4 is 10.1 Å². The molecule has 1 saturated heterocycles. The van der Waals surface area contributed by atoms with Gasteiger partial charge in [0.25, 0.3) is 5.91 Å². The number of benzene rings is 1. The van der Waals surface area contributed by atoms with Crippen molar-refractivity contribution in [2.24, 2.45) is 0 Å². The zero-order chi connectivity index (χ0) is 21.6. The third-order valence-electron chi connectivity index (χ3n) is 4.99. The van der Waals surface area contributed by atoms with Gasteiger partial charge in [0, 0.05) is 38.5 Å². The van der Waals surface area contributed by atoms with Crippen molar-refractivity contribution in [3.05, 3.63) is 42.6 Å². The van der Waals surface area contributed by atoms with Crippen LogP contribution in [0.15, 0.2) is 42.6 Å². The van der Waals surface area contributed by atoms with Crippen LogP contribution in [0.2, 0.25) is 0 Å². The number of methoxy groups -OCH3 is 1. The lowest BCUT2D eigenvalue weighted by atomic mass is 10.1. The van der Waals surface area contributed by atoms with E-state index >= 15 is 0 Å². The molecule has 1 fully saturated rings. The van der Waals surface area contributed by atoms with Crippen LogP contribution in [0, 0.1) is 0 Å². The van der Waals surface area contributed by atoms with Crippen molar-refractivity contribution in [2.45, 2.75) is 31.9 Å². The van der Waals surface area contributed by atoms with Gasteiger partial charge in [0.1, 0.15) is 0 Å². The van der Waals surface area contributed by atoms with Crippen molar-refractivity contribution in [1.82, 2.24) is 19.4 Å². The summed E-state index contributed by atoms with van der Waals surface area (Å²) in [7, 11) is -1.84. The van der Waals surface area contributed by atoms with Crippen LogP contribution in [-0.2, 0) is 19.6 Å². The van der Waals surface area contributed by atoms with Crippen molar-refractivity contribution >= 4 is 15.9 Å². The first-order chi connectivity index (χ1) is 14.4. The zero-order valence-corrected chi connectivity index (χ0v) is 18.0. The first kappa shape index (κ1) is 22.3. The van der Waals surface area contributed by atoms with Gasteiger partial charge in [-0.05, 0) is 31.9 Å². The monoisotopic (exact) mass is 436 g/mol. The van der Waals surface area contributed by atoms with E-state index in [2.05, 4.69) is 10.4 Å². The maximum Gasteiger partial charge on any atom is 0.261 e. The molecule has 2 aromatic rings. The fourth-order valence-electron chi connectivity index (χ4n) is 3.24. The molecule has 1 atom stereocenters. The molecule has 1 amide bonds. The molecule has 9 nitrogen and oxygen atoms in total. The van der Waals surface area contributed by atoms with Gasteiger partial charge in [0.15, 0.2) is 6.10 Å². The highest BCUT2D eigenvalue weighted by Gasteiger charge is 2.29. The Balaban J connectivity index is 1.47. The SMILES string of the molecule is COCCS(=O)(=O)N1CCC(NC(=O)[C@@H](C)Oc2ccn(-c3ccccc3)n2)CC1. The van der Waals surface area contributed by atoms with E-state index in [0.717, 1.165) is 5.69 Å². The van der Waals surface area contributed by atoms with Crippen molar-refractivity contribution in [2.75, 3.05) is 32.6 Å². The second-order valence-electron chi connectivity index (χ2n) is 7.18. The number of hydrogen-bond acceptors (Lipinski definition) is 6. The lowest BCUT2D eigenvalue weighted by molar-refractivity contribution is -0.128. The van der Waals surface area contributed by atoms with Crippen LogP contribution in [-0.4, -0.2) is 73.1 Å². The number of piperidine rings is 1. The third kappa shape index (κ3) is 5.80. The number of para-hydroxylation sites is 1. The summed E-state index contributed by atoms with van der Waals surface area (Å²) in [5.41, 5.74) is 0.900. The van der Waals surface area contributed by atoms with Crippen LogP contribution in [0.4, 0.5) is 0 Å². The maximum absolute atomic E-state index is 12.5. The molecule has 0 spiro atoms. The number of amides is 1. The summed E-state index contributed by atoms with van der Waals surface area (Å²) in [5, 5.41) is 7.29. The lowest BCUT2D eigenvalue weighted by Gasteiger charge is -2.32. The summed E-state index contributed by atoms with van der Waals surface area (Å²) < 4.78 is 38.1. The largest absolute Gasteiger partial charge is 0.463 e. The fourth-order valence-corrected chi connectivity index (χ4v) is 4.65. The summed E-state index contributed by atoms with van der Waals surface area (Å²) in [6.45, 7) is 2.61. The predicted octanol–water partition coefficient (Wildman–Crippen LogP) is 1.20. The highest BCUT2D eigenvalue weighted by atomic mass is 32.2. The molecule has 3 rings (SSSR count). The average molecular weight is 437 g/mol. The Morgan fingerprint density at radius 2 is 1.93 bits per heavy atom. The summed E-state index contributed by atoms with van der Waals surface area (Å²) in [4.78, 5) is 12.5. The standard InChI is InChI=1S/C20H28N4O5S/c1-16(29-19-10-13-24(22-19)18-6-4-3-5-7-18)20(25)21-17-8-11-23(12-9-17)30(26,27)15-14-28-2/h3-7,10,13,16-17H,8-9,11-12,14-15H2,1-2H3,(H,21,25)/t16-/m1/s1. The van der Waals surface area contributed by atoms with Gasteiger partial charge in [-0.3, -0.25) is 4.79 Å². The molecule has 0 unspecified atom stereocenters. The Hall–Kier alpha value is -2.43. The summed E-state index contributed by atoms with van der Waals surface area (Å²) in [6.07, 6.45) is 2.18. The molecule has 30 heavy (non-hydrogen) atoms. The minimum Gasteiger partial charge on any atom is -0.463 e. The fraction of sp³-hybridized carbons (Fsp3) is 0.500. The predicted molar refractivity (Wildman–Crippen MR) is 112 cm³/mol. The third-order valence-corrected chi connectivity index (χ3v) is 6.83. The van der Waals surface area contributed by atoms with E-state index in [4.69, 9.17) is 9.47 Å². The van der Waals surface area contributed by atoms with Crippen LogP contribution in [0.25, 0.3) is 5.69 Å². The molecular formula is C20H28N4O5S. The molecule has 1 aliphatic heterocycles. The van der Waals surface area contributed by atoms with Gasteiger partial charge < -0.3 is 14.8 Å². The second kappa shape index (κ2) is 10.1. The Morgan fingerprint density at radius 3 is 2.60 bits per heavy atom. The number of ether oxygens (including phenoxy) is 2.